The van der Waals surface area contributed by atoms with Gasteiger partial charge < -0.3 is 24.9 Å². The molecule has 1 N–H and O–H groups in total. The topological polar surface area (TPSA) is 99.5 Å². The number of alkyl halides is 3. The smallest absolute Gasteiger partial charge is 0.430 e. The van der Waals surface area contributed by atoms with Crippen LogP contribution in [0.1, 0.15) is 16.1 Å². The van der Waals surface area contributed by atoms with E-state index in [0.717, 1.165) is 23.8 Å². The molecule has 11 heteroatoms. The van der Waals surface area contributed by atoms with Crippen molar-refractivity contribution in [1.82, 2.24) is 9.55 Å². The molecule has 3 aromatic rings. The van der Waals surface area contributed by atoms with Gasteiger partial charge in [-0.05, 0) is 12.1 Å². The van der Waals surface area contributed by atoms with Crippen LogP contribution in [0.3, 0.4) is 0 Å². The molecule has 1 amide bonds. The third-order valence-corrected chi connectivity index (χ3v) is 4.90. The fourth-order valence-electron chi connectivity index (χ4n) is 3.42. The molecule has 0 aliphatic heterocycles. The van der Waals surface area contributed by atoms with Crippen molar-refractivity contribution in [3.8, 4) is 5.69 Å². The Morgan fingerprint density at radius 2 is 1.58 bits per heavy atom. The van der Waals surface area contributed by atoms with Gasteiger partial charge in [0.2, 0.25) is 5.95 Å². The quantitative estimate of drug-likeness (QED) is 0.580. The van der Waals surface area contributed by atoms with E-state index in [-0.39, 0.29) is 5.95 Å². The van der Waals surface area contributed by atoms with Crippen LogP contribution in [0, 0.1) is 0 Å². The summed E-state index contributed by atoms with van der Waals surface area (Å²) in [5.74, 6) is -3.97. The van der Waals surface area contributed by atoms with E-state index in [9.17, 15) is 27.9 Å². The van der Waals surface area contributed by atoms with Crippen LogP contribution in [-0.4, -0.2) is 48.8 Å². The molecule has 0 aliphatic carbocycles. The molecule has 33 heavy (non-hydrogen) atoms. The van der Waals surface area contributed by atoms with Crippen molar-refractivity contribution >= 4 is 23.6 Å². The summed E-state index contributed by atoms with van der Waals surface area (Å²) in [5, 5.41) is 14.0. The Kier molecular flexibility index (Phi) is 6.45. The first-order chi connectivity index (χ1) is 15.5. The normalized spacial score (nSPS) is 13.3. The minimum absolute atomic E-state index is 0.0467. The number of carbonyl (C=O) groups excluding carboxylic acids is 2. The number of aromatic nitrogens is 2. The van der Waals surface area contributed by atoms with Gasteiger partial charge in [-0.1, -0.05) is 48.5 Å². The van der Waals surface area contributed by atoms with Crippen LogP contribution < -0.4 is 15.3 Å². The van der Waals surface area contributed by atoms with E-state index in [1.807, 2.05) is 5.32 Å². The summed E-state index contributed by atoms with van der Waals surface area (Å²) in [6.07, 6.45) is -5.18. The molecule has 0 aliphatic rings. The van der Waals surface area contributed by atoms with Crippen LogP contribution in [0.4, 0.5) is 24.9 Å². The molecule has 1 heterocycles. The van der Waals surface area contributed by atoms with Gasteiger partial charge in [0, 0.05) is 32.5 Å². The number of ether oxygens (including phenoxy) is 1. The van der Waals surface area contributed by atoms with Crippen molar-refractivity contribution in [1.29, 1.82) is 0 Å². The van der Waals surface area contributed by atoms with Gasteiger partial charge in [-0.3, -0.25) is 9.36 Å². The zero-order chi connectivity index (χ0) is 24.4. The number of nitrogens with one attached hydrogen (secondary N) is 1. The van der Waals surface area contributed by atoms with Gasteiger partial charge in [0.25, 0.3) is 11.5 Å². The molecule has 2 aromatic carbocycles. The number of hydrogen-bond donors (Lipinski definition) is 1. The number of amides is 1. The number of aromatic carboxylic acids is 1. The van der Waals surface area contributed by atoms with E-state index in [4.69, 9.17) is 4.74 Å². The van der Waals surface area contributed by atoms with Crippen LogP contribution in [0.25, 0.3) is 5.69 Å². The average Bonchev–Trinajstić information content (AvgIpc) is 3.15. The lowest BCUT2D eigenvalue weighted by Crippen LogP contribution is -2.53. The van der Waals surface area contributed by atoms with Crippen molar-refractivity contribution in [3.05, 3.63) is 71.9 Å². The maximum atomic E-state index is 14.2. The number of carboxylic acids is 1. The summed E-state index contributed by atoms with van der Waals surface area (Å²) < 4.78 is 48.5. The molecule has 0 fully saturated rings. The number of nitrogens with zero attached hydrogens (tertiary/aromatic N) is 3. The van der Waals surface area contributed by atoms with Crippen LogP contribution in [-0.2, 0) is 15.1 Å². The largest absolute Gasteiger partial charge is 0.543 e. The molecule has 1 atom stereocenters. The number of hydrogen-bond acceptors (Lipinski definition) is 6. The number of imidazole rings is 1. The number of benzene rings is 2. The van der Waals surface area contributed by atoms with E-state index in [2.05, 4.69) is 4.98 Å². The zero-order valence-electron chi connectivity index (χ0n) is 17.9. The van der Waals surface area contributed by atoms with Crippen molar-refractivity contribution in [3.63, 3.8) is 0 Å². The fraction of sp³-hybridized carbons (Fsp3) is 0.227. The fourth-order valence-corrected chi connectivity index (χ4v) is 3.42. The SMILES string of the molecule is COC(C(=O)Nc1nc(N(C)C)n(-c2ccccc2)c1C(=O)[O-])(c1ccccc1)C(F)(F)F. The Labute approximate surface area is 187 Å². The predicted molar refractivity (Wildman–Crippen MR) is 112 cm³/mol. The lowest BCUT2D eigenvalue weighted by atomic mass is 9.91. The number of rotatable bonds is 7. The first-order valence-corrected chi connectivity index (χ1v) is 9.60. The molecular formula is C22H20F3N4O4-. The maximum Gasteiger partial charge on any atom is 0.430 e. The Bertz CT molecular complexity index is 1150. The highest BCUT2D eigenvalue weighted by Crippen LogP contribution is 2.43. The van der Waals surface area contributed by atoms with E-state index in [1.165, 1.54) is 23.1 Å². The van der Waals surface area contributed by atoms with Crippen LogP contribution >= 0.6 is 0 Å². The molecule has 1 aromatic heterocycles. The monoisotopic (exact) mass is 461 g/mol. The Morgan fingerprint density at radius 3 is 2.03 bits per heavy atom. The van der Waals surface area contributed by atoms with Crippen LogP contribution in [0.2, 0.25) is 0 Å². The minimum atomic E-state index is -5.18. The molecule has 0 bridgehead atoms. The third kappa shape index (κ3) is 4.14. The Morgan fingerprint density at radius 1 is 1.03 bits per heavy atom. The lowest BCUT2D eigenvalue weighted by molar-refractivity contribution is -0.263. The van der Waals surface area contributed by atoms with E-state index in [0.29, 0.717) is 5.69 Å². The summed E-state index contributed by atoms with van der Waals surface area (Å²) in [6, 6.07) is 14.4. The van der Waals surface area contributed by atoms with Crippen molar-refractivity contribution in [2.45, 2.75) is 11.8 Å². The summed E-state index contributed by atoms with van der Waals surface area (Å²) in [5.41, 5.74) is -4.17. The molecule has 8 nitrogen and oxygen atoms in total. The summed E-state index contributed by atoms with van der Waals surface area (Å²) in [6.45, 7) is 0. The third-order valence-electron chi connectivity index (χ3n) is 4.90. The van der Waals surface area contributed by atoms with Gasteiger partial charge in [-0.2, -0.15) is 18.2 Å². The molecule has 174 valence electrons. The highest BCUT2D eigenvalue weighted by molar-refractivity contribution is 6.03. The first kappa shape index (κ1) is 23.8. The van der Waals surface area contributed by atoms with Gasteiger partial charge >= 0.3 is 6.18 Å². The van der Waals surface area contributed by atoms with Crippen LogP contribution in [0.5, 0.6) is 0 Å². The number of carboxylic acid groups (broad SMARTS) is 1. The number of anilines is 2. The minimum Gasteiger partial charge on any atom is -0.543 e. The first-order valence-electron chi connectivity index (χ1n) is 9.60. The number of methoxy groups -OCH3 is 1. The van der Waals surface area contributed by atoms with Crippen LogP contribution in [0.15, 0.2) is 60.7 Å². The number of carbonyl (C=O) groups is 2. The average molecular weight is 461 g/mol. The summed E-state index contributed by atoms with van der Waals surface area (Å²) >= 11 is 0. The second-order valence-corrected chi connectivity index (χ2v) is 7.17. The van der Waals surface area contributed by atoms with Gasteiger partial charge in [0.15, 0.2) is 5.82 Å². The standard InChI is InChI=1S/C22H21F3N4O4/c1-28(2)20-27-17(16(18(30)31)29(20)15-12-8-5-9-13-15)26-19(32)21(33-3,22(23,24)25)14-10-6-4-7-11-14/h4-13H,1-3H3,(H,26,32)(H,30,31)/p-1. The highest BCUT2D eigenvalue weighted by Gasteiger charge is 2.62. The van der Waals surface area contributed by atoms with E-state index in [1.54, 1.807) is 44.4 Å². The summed E-state index contributed by atoms with van der Waals surface area (Å²) in [4.78, 5) is 30.6. The van der Waals surface area contributed by atoms with E-state index >= 15 is 0 Å². The number of para-hydroxylation sites is 1. The molecule has 3 rings (SSSR count). The van der Waals surface area contributed by atoms with Gasteiger partial charge in [0.1, 0.15) is 5.69 Å². The Balaban J connectivity index is 2.19. The second-order valence-electron chi connectivity index (χ2n) is 7.17. The van der Waals surface area contributed by atoms with Crippen molar-refractivity contribution in [2.24, 2.45) is 0 Å². The lowest BCUT2D eigenvalue weighted by Gasteiger charge is -2.33. The van der Waals surface area contributed by atoms with Crippen molar-refractivity contribution < 1.29 is 32.6 Å². The molecular weight excluding hydrogens is 441 g/mol. The molecule has 0 saturated heterocycles. The van der Waals surface area contributed by atoms with Crippen molar-refractivity contribution in [2.75, 3.05) is 31.4 Å². The Hall–Kier alpha value is -3.86. The molecule has 1 unspecified atom stereocenters. The molecule has 0 saturated carbocycles. The van der Waals surface area contributed by atoms with E-state index < -0.39 is 40.7 Å². The van der Waals surface area contributed by atoms with Gasteiger partial charge in [-0.25, -0.2) is 0 Å². The molecule has 0 radical (unpaired) electrons. The van der Waals surface area contributed by atoms with Gasteiger partial charge in [-0.15, -0.1) is 0 Å². The molecule has 0 spiro atoms. The van der Waals surface area contributed by atoms with Gasteiger partial charge in [0.05, 0.1) is 5.97 Å². The number of halogens is 3. The second kappa shape index (κ2) is 8.94. The zero-order valence-corrected chi connectivity index (χ0v) is 17.9. The maximum absolute atomic E-state index is 14.2. The predicted octanol–water partition coefficient (Wildman–Crippen LogP) is 2.34. The summed E-state index contributed by atoms with van der Waals surface area (Å²) in [7, 11) is 3.87. The highest BCUT2D eigenvalue weighted by atomic mass is 19.4.